The largest absolute Gasteiger partial charge is 0.382 e. The van der Waals surface area contributed by atoms with Gasteiger partial charge in [-0.05, 0) is 32.6 Å². The van der Waals surface area contributed by atoms with Gasteiger partial charge in [-0.2, -0.15) is 0 Å². The number of ether oxygens (including phenoxy) is 3. The number of hydrogen-bond donors (Lipinski definition) is 2. The van der Waals surface area contributed by atoms with Crippen LogP contribution in [0.3, 0.4) is 0 Å². The second-order valence-electron chi connectivity index (χ2n) is 5.07. The lowest BCUT2D eigenvalue weighted by Gasteiger charge is -2.13. The molecule has 6 nitrogen and oxygen atoms in total. The van der Waals surface area contributed by atoms with Gasteiger partial charge in [-0.3, -0.25) is 4.99 Å². The van der Waals surface area contributed by atoms with E-state index in [1.165, 1.54) is 12.8 Å². The van der Waals surface area contributed by atoms with E-state index >= 15 is 0 Å². The first-order valence-corrected chi connectivity index (χ1v) is 8.07. The van der Waals surface area contributed by atoms with Crippen LogP contribution in [0.5, 0.6) is 0 Å². The second-order valence-corrected chi connectivity index (χ2v) is 5.07. The maximum atomic E-state index is 5.61. The van der Waals surface area contributed by atoms with Crippen LogP contribution in [0.1, 0.15) is 32.6 Å². The summed E-state index contributed by atoms with van der Waals surface area (Å²) in [5.74, 6) is 0.882. The minimum absolute atomic E-state index is 0.426. The topological polar surface area (TPSA) is 64.1 Å². The van der Waals surface area contributed by atoms with E-state index in [0.29, 0.717) is 19.3 Å². The minimum atomic E-state index is 0.426. The Kier molecular flexibility index (Phi) is 11.1. The van der Waals surface area contributed by atoms with Crippen molar-refractivity contribution in [2.45, 2.75) is 38.7 Å². The first-order chi connectivity index (χ1) is 10.4. The van der Waals surface area contributed by atoms with E-state index in [-0.39, 0.29) is 0 Å². The van der Waals surface area contributed by atoms with Gasteiger partial charge in [-0.1, -0.05) is 0 Å². The fourth-order valence-corrected chi connectivity index (χ4v) is 2.17. The molecule has 0 saturated carbocycles. The summed E-state index contributed by atoms with van der Waals surface area (Å²) in [6.45, 7) is 7.56. The Morgan fingerprint density at radius 1 is 1.29 bits per heavy atom. The third kappa shape index (κ3) is 9.66. The molecule has 0 aliphatic carbocycles. The van der Waals surface area contributed by atoms with E-state index in [9.17, 15) is 0 Å². The minimum Gasteiger partial charge on any atom is -0.382 e. The SMILES string of the molecule is CCNC(=NCCCOCCOC)NCCC1CCCO1. The molecule has 1 aliphatic rings. The lowest BCUT2D eigenvalue weighted by atomic mass is 10.2. The molecule has 0 amide bonds. The molecule has 1 heterocycles. The quantitative estimate of drug-likeness (QED) is 0.341. The Hall–Kier alpha value is -0.850. The molecule has 0 radical (unpaired) electrons. The van der Waals surface area contributed by atoms with Crippen LogP contribution >= 0.6 is 0 Å². The summed E-state index contributed by atoms with van der Waals surface area (Å²) < 4.78 is 15.9. The average Bonchev–Trinajstić information content (AvgIpc) is 2.99. The zero-order valence-electron chi connectivity index (χ0n) is 13.5. The summed E-state index contributed by atoms with van der Waals surface area (Å²) in [5, 5.41) is 6.61. The van der Waals surface area contributed by atoms with Crippen LogP contribution in [0, 0.1) is 0 Å². The summed E-state index contributed by atoms with van der Waals surface area (Å²) in [4.78, 5) is 4.54. The highest BCUT2D eigenvalue weighted by Crippen LogP contribution is 2.14. The van der Waals surface area contributed by atoms with Crippen LogP contribution < -0.4 is 10.6 Å². The Bertz CT molecular complexity index is 269. The third-order valence-corrected chi connectivity index (χ3v) is 3.28. The average molecular weight is 301 g/mol. The van der Waals surface area contributed by atoms with Gasteiger partial charge in [0.05, 0.1) is 19.3 Å². The fourth-order valence-electron chi connectivity index (χ4n) is 2.17. The van der Waals surface area contributed by atoms with Crippen molar-refractivity contribution < 1.29 is 14.2 Å². The van der Waals surface area contributed by atoms with Crippen molar-refractivity contribution in [3.8, 4) is 0 Å². The molecule has 0 aromatic rings. The van der Waals surface area contributed by atoms with Crippen molar-refractivity contribution in [1.82, 2.24) is 10.6 Å². The third-order valence-electron chi connectivity index (χ3n) is 3.28. The lowest BCUT2D eigenvalue weighted by Crippen LogP contribution is -2.38. The molecule has 1 fully saturated rings. The van der Waals surface area contributed by atoms with Crippen LogP contribution in [-0.2, 0) is 14.2 Å². The molecule has 2 N–H and O–H groups in total. The van der Waals surface area contributed by atoms with Crippen molar-refractivity contribution in [2.75, 3.05) is 53.2 Å². The lowest BCUT2D eigenvalue weighted by molar-refractivity contribution is 0.0702. The Morgan fingerprint density at radius 3 is 2.90 bits per heavy atom. The number of rotatable bonds is 11. The Morgan fingerprint density at radius 2 is 2.19 bits per heavy atom. The maximum Gasteiger partial charge on any atom is 0.191 e. The number of nitrogens with one attached hydrogen (secondary N) is 2. The van der Waals surface area contributed by atoms with Gasteiger partial charge in [-0.15, -0.1) is 0 Å². The van der Waals surface area contributed by atoms with Crippen LogP contribution in [0.4, 0.5) is 0 Å². The highest BCUT2D eigenvalue weighted by atomic mass is 16.5. The monoisotopic (exact) mass is 301 g/mol. The highest BCUT2D eigenvalue weighted by molar-refractivity contribution is 5.79. The molecule has 6 heteroatoms. The van der Waals surface area contributed by atoms with Gasteiger partial charge in [0.1, 0.15) is 0 Å². The van der Waals surface area contributed by atoms with Crippen molar-refractivity contribution in [1.29, 1.82) is 0 Å². The zero-order chi connectivity index (χ0) is 15.2. The molecule has 1 atom stereocenters. The number of guanidine groups is 1. The van der Waals surface area contributed by atoms with Crippen molar-refractivity contribution in [3.63, 3.8) is 0 Å². The van der Waals surface area contributed by atoms with Crippen molar-refractivity contribution in [2.24, 2.45) is 4.99 Å². The van der Waals surface area contributed by atoms with Gasteiger partial charge in [0.25, 0.3) is 0 Å². The molecule has 1 aliphatic heterocycles. The van der Waals surface area contributed by atoms with Crippen molar-refractivity contribution >= 4 is 5.96 Å². The van der Waals surface area contributed by atoms with Gasteiger partial charge >= 0.3 is 0 Å². The molecular weight excluding hydrogens is 270 g/mol. The van der Waals surface area contributed by atoms with Crippen LogP contribution in [-0.4, -0.2) is 65.2 Å². The van der Waals surface area contributed by atoms with E-state index in [2.05, 4.69) is 22.5 Å². The van der Waals surface area contributed by atoms with Crippen molar-refractivity contribution in [3.05, 3.63) is 0 Å². The van der Waals surface area contributed by atoms with Gasteiger partial charge in [0.15, 0.2) is 5.96 Å². The summed E-state index contributed by atoms with van der Waals surface area (Å²) in [6, 6.07) is 0. The van der Waals surface area contributed by atoms with Crippen LogP contribution in [0.25, 0.3) is 0 Å². The molecule has 0 bridgehead atoms. The molecule has 0 aromatic heterocycles. The molecule has 0 aromatic carbocycles. The standard InChI is InChI=1S/C15H31N3O3/c1-3-16-15(17-8-5-10-20-13-12-19-2)18-9-7-14-6-4-11-21-14/h14H,3-13H2,1-2H3,(H2,16,17,18). The number of aliphatic imine (C=N–C) groups is 1. The summed E-state index contributed by atoms with van der Waals surface area (Å²) in [5.41, 5.74) is 0. The predicted molar refractivity (Wildman–Crippen MR) is 84.9 cm³/mol. The first-order valence-electron chi connectivity index (χ1n) is 8.07. The van der Waals surface area contributed by atoms with Crippen LogP contribution in [0.15, 0.2) is 4.99 Å². The molecule has 1 saturated heterocycles. The smallest absolute Gasteiger partial charge is 0.191 e. The van der Waals surface area contributed by atoms with Crippen LogP contribution in [0.2, 0.25) is 0 Å². The zero-order valence-corrected chi connectivity index (χ0v) is 13.5. The van der Waals surface area contributed by atoms with Gasteiger partial charge in [0.2, 0.25) is 0 Å². The first kappa shape index (κ1) is 18.2. The number of hydrogen-bond acceptors (Lipinski definition) is 4. The molecule has 21 heavy (non-hydrogen) atoms. The molecular formula is C15H31N3O3. The summed E-state index contributed by atoms with van der Waals surface area (Å²) in [7, 11) is 1.68. The summed E-state index contributed by atoms with van der Waals surface area (Å²) in [6.07, 6.45) is 4.78. The predicted octanol–water partition coefficient (Wildman–Crippen LogP) is 1.16. The second kappa shape index (κ2) is 12.9. The van der Waals surface area contributed by atoms with Gasteiger partial charge in [0, 0.05) is 40.0 Å². The molecule has 1 unspecified atom stereocenters. The number of nitrogens with zero attached hydrogens (tertiary/aromatic N) is 1. The van der Waals surface area contributed by atoms with Gasteiger partial charge in [-0.25, -0.2) is 0 Å². The fraction of sp³-hybridized carbons (Fsp3) is 0.933. The molecule has 1 rings (SSSR count). The maximum absolute atomic E-state index is 5.61. The van der Waals surface area contributed by atoms with E-state index in [0.717, 1.165) is 51.6 Å². The Labute approximate surface area is 128 Å². The van der Waals surface area contributed by atoms with E-state index in [1.807, 2.05) is 0 Å². The highest BCUT2D eigenvalue weighted by Gasteiger charge is 2.14. The van der Waals surface area contributed by atoms with Gasteiger partial charge < -0.3 is 24.8 Å². The number of methoxy groups -OCH3 is 1. The van der Waals surface area contributed by atoms with E-state index < -0.39 is 0 Å². The van der Waals surface area contributed by atoms with E-state index in [1.54, 1.807) is 7.11 Å². The van der Waals surface area contributed by atoms with E-state index in [4.69, 9.17) is 14.2 Å². The Balaban J connectivity index is 2.07. The normalized spacial score (nSPS) is 19.0. The molecule has 124 valence electrons. The summed E-state index contributed by atoms with van der Waals surface area (Å²) >= 11 is 0. The molecule has 0 spiro atoms.